The van der Waals surface area contributed by atoms with E-state index in [1.165, 1.54) is 12.1 Å². The highest BCUT2D eigenvalue weighted by atomic mass is 19.4. The zero-order valence-corrected chi connectivity index (χ0v) is 9.10. The van der Waals surface area contributed by atoms with Gasteiger partial charge in [-0.1, -0.05) is 19.9 Å². The zero-order chi connectivity index (χ0) is 12.3. The molecule has 0 heterocycles. The van der Waals surface area contributed by atoms with Gasteiger partial charge in [0.15, 0.2) is 0 Å². The molecule has 0 radical (unpaired) electrons. The Kier molecular flexibility index (Phi) is 3.58. The summed E-state index contributed by atoms with van der Waals surface area (Å²) in [5, 5.41) is 8.84. The van der Waals surface area contributed by atoms with E-state index in [0.717, 1.165) is 6.07 Å². The minimum Gasteiger partial charge on any atom is -0.192 e. The molecule has 0 fully saturated rings. The van der Waals surface area contributed by atoms with Gasteiger partial charge in [0.2, 0.25) is 0 Å². The zero-order valence-electron chi connectivity index (χ0n) is 9.10. The second-order valence-corrected chi connectivity index (χ2v) is 3.69. The fourth-order valence-electron chi connectivity index (χ4n) is 1.64. The molecule has 0 aliphatic rings. The number of hydrogen-bond donors (Lipinski definition) is 0. The molecule has 1 nitrogen and oxygen atoms in total. The van der Waals surface area contributed by atoms with Crippen LogP contribution >= 0.6 is 0 Å². The maximum absolute atomic E-state index is 12.8. The summed E-state index contributed by atoms with van der Waals surface area (Å²) >= 11 is 0. The van der Waals surface area contributed by atoms with Crippen molar-refractivity contribution in [3.63, 3.8) is 0 Å². The Morgan fingerprint density at radius 2 is 2.00 bits per heavy atom. The topological polar surface area (TPSA) is 23.8 Å². The molecule has 0 aliphatic heterocycles. The Balaban J connectivity index is 3.45. The highest BCUT2D eigenvalue weighted by Gasteiger charge is 2.35. The molecule has 0 spiro atoms. The standard InChI is InChI=1S/C12H12F3N/c1-3-8(2)11-9(7-16)5-4-6-10(11)12(13,14)15/h4-6,8H,3H2,1-2H3. The molecule has 0 saturated heterocycles. The average molecular weight is 227 g/mol. The number of nitriles is 1. The lowest BCUT2D eigenvalue weighted by atomic mass is 9.89. The summed E-state index contributed by atoms with van der Waals surface area (Å²) in [6, 6.07) is 5.55. The molecule has 0 aromatic heterocycles. The van der Waals surface area contributed by atoms with E-state index in [4.69, 9.17) is 5.26 Å². The predicted octanol–water partition coefficient (Wildman–Crippen LogP) is 4.09. The second kappa shape index (κ2) is 4.56. The number of halogens is 3. The molecule has 0 saturated carbocycles. The summed E-state index contributed by atoms with van der Waals surface area (Å²) in [4.78, 5) is 0. The Morgan fingerprint density at radius 3 is 2.44 bits per heavy atom. The second-order valence-electron chi connectivity index (χ2n) is 3.69. The number of rotatable bonds is 2. The Hall–Kier alpha value is -1.50. The van der Waals surface area contributed by atoms with E-state index in [9.17, 15) is 13.2 Å². The van der Waals surface area contributed by atoms with Crippen molar-refractivity contribution >= 4 is 0 Å². The van der Waals surface area contributed by atoms with Crippen LogP contribution in [0.15, 0.2) is 18.2 Å². The van der Waals surface area contributed by atoms with Crippen LogP contribution in [-0.4, -0.2) is 0 Å². The summed E-state index contributed by atoms with van der Waals surface area (Å²) in [7, 11) is 0. The maximum atomic E-state index is 12.8. The van der Waals surface area contributed by atoms with Crippen molar-refractivity contribution in [3.05, 3.63) is 34.9 Å². The molecule has 0 N–H and O–H groups in total. The van der Waals surface area contributed by atoms with E-state index >= 15 is 0 Å². The van der Waals surface area contributed by atoms with Crippen LogP contribution in [0.4, 0.5) is 13.2 Å². The van der Waals surface area contributed by atoms with Gasteiger partial charge < -0.3 is 0 Å². The minimum atomic E-state index is -4.40. The number of benzene rings is 1. The fourth-order valence-corrected chi connectivity index (χ4v) is 1.64. The first-order valence-corrected chi connectivity index (χ1v) is 5.02. The van der Waals surface area contributed by atoms with Gasteiger partial charge in [-0.3, -0.25) is 0 Å². The molecular formula is C12H12F3N. The number of hydrogen-bond acceptors (Lipinski definition) is 1. The van der Waals surface area contributed by atoms with Crippen LogP contribution in [0.3, 0.4) is 0 Å². The Labute approximate surface area is 92.5 Å². The SMILES string of the molecule is CCC(C)c1c(C#N)cccc1C(F)(F)F. The predicted molar refractivity (Wildman–Crippen MR) is 54.9 cm³/mol. The summed E-state index contributed by atoms with van der Waals surface area (Å²) < 4.78 is 38.3. The summed E-state index contributed by atoms with van der Waals surface area (Å²) in [6.45, 7) is 3.50. The van der Waals surface area contributed by atoms with Gasteiger partial charge in [0.05, 0.1) is 17.2 Å². The van der Waals surface area contributed by atoms with Crippen LogP contribution in [0, 0.1) is 11.3 Å². The molecule has 4 heteroatoms. The van der Waals surface area contributed by atoms with E-state index in [-0.39, 0.29) is 17.0 Å². The summed E-state index contributed by atoms with van der Waals surface area (Å²) in [6.07, 6.45) is -3.83. The minimum absolute atomic E-state index is 0.111. The van der Waals surface area contributed by atoms with Crippen LogP contribution in [0.25, 0.3) is 0 Å². The largest absolute Gasteiger partial charge is 0.416 e. The van der Waals surface area contributed by atoms with E-state index < -0.39 is 11.7 Å². The van der Waals surface area contributed by atoms with Crippen molar-refractivity contribution < 1.29 is 13.2 Å². The van der Waals surface area contributed by atoms with E-state index in [1.54, 1.807) is 13.8 Å². The number of nitrogens with zero attached hydrogens (tertiary/aromatic N) is 1. The lowest BCUT2D eigenvalue weighted by Crippen LogP contribution is -2.12. The van der Waals surface area contributed by atoms with Crippen LogP contribution < -0.4 is 0 Å². The van der Waals surface area contributed by atoms with E-state index in [1.807, 2.05) is 6.07 Å². The van der Waals surface area contributed by atoms with Crippen molar-refractivity contribution in [2.24, 2.45) is 0 Å². The van der Waals surface area contributed by atoms with Crippen molar-refractivity contribution in [1.29, 1.82) is 5.26 Å². The van der Waals surface area contributed by atoms with Crippen molar-refractivity contribution in [2.75, 3.05) is 0 Å². The quantitative estimate of drug-likeness (QED) is 0.746. The van der Waals surface area contributed by atoms with Gasteiger partial charge in [-0.15, -0.1) is 0 Å². The van der Waals surface area contributed by atoms with Crippen LogP contribution in [0.1, 0.15) is 42.9 Å². The maximum Gasteiger partial charge on any atom is 0.416 e. The lowest BCUT2D eigenvalue weighted by molar-refractivity contribution is -0.138. The molecule has 1 aromatic carbocycles. The Bertz CT molecular complexity index is 415. The van der Waals surface area contributed by atoms with Crippen LogP contribution in [-0.2, 0) is 6.18 Å². The third-order valence-electron chi connectivity index (χ3n) is 2.64. The molecule has 0 amide bonds. The van der Waals surface area contributed by atoms with Crippen molar-refractivity contribution in [1.82, 2.24) is 0 Å². The van der Waals surface area contributed by atoms with E-state index in [0.29, 0.717) is 6.42 Å². The first kappa shape index (κ1) is 12.6. The van der Waals surface area contributed by atoms with E-state index in [2.05, 4.69) is 0 Å². The third kappa shape index (κ3) is 2.35. The number of alkyl halides is 3. The first-order chi connectivity index (χ1) is 7.41. The molecule has 1 aromatic rings. The van der Waals surface area contributed by atoms with Gasteiger partial charge in [-0.2, -0.15) is 18.4 Å². The summed E-state index contributed by atoms with van der Waals surface area (Å²) in [5.74, 6) is -0.271. The molecule has 1 rings (SSSR count). The lowest BCUT2D eigenvalue weighted by Gasteiger charge is -2.18. The molecule has 1 unspecified atom stereocenters. The van der Waals surface area contributed by atoms with Gasteiger partial charge in [0.1, 0.15) is 0 Å². The van der Waals surface area contributed by atoms with Crippen molar-refractivity contribution in [2.45, 2.75) is 32.4 Å². The molecule has 0 bridgehead atoms. The molecule has 86 valence electrons. The van der Waals surface area contributed by atoms with Crippen molar-refractivity contribution in [3.8, 4) is 6.07 Å². The third-order valence-corrected chi connectivity index (χ3v) is 2.64. The average Bonchev–Trinajstić information content (AvgIpc) is 2.25. The monoisotopic (exact) mass is 227 g/mol. The highest BCUT2D eigenvalue weighted by molar-refractivity contribution is 5.46. The molecule has 0 aliphatic carbocycles. The van der Waals surface area contributed by atoms with Gasteiger partial charge in [0, 0.05) is 0 Å². The molecule has 1 atom stereocenters. The highest BCUT2D eigenvalue weighted by Crippen LogP contribution is 2.37. The van der Waals surface area contributed by atoms with Gasteiger partial charge in [-0.05, 0) is 30.0 Å². The van der Waals surface area contributed by atoms with Gasteiger partial charge >= 0.3 is 6.18 Å². The van der Waals surface area contributed by atoms with Crippen LogP contribution in [0.5, 0.6) is 0 Å². The Morgan fingerprint density at radius 1 is 1.38 bits per heavy atom. The normalized spacial score (nSPS) is 13.2. The molecular weight excluding hydrogens is 215 g/mol. The fraction of sp³-hybridized carbons (Fsp3) is 0.417. The summed E-state index contributed by atoms with van der Waals surface area (Å²) in [5.41, 5.74) is -0.468. The molecule has 16 heavy (non-hydrogen) atoms. The van der Waals surface area contributed by atoms with Gasteiger partial charge in [-0.25, -0.2) is 0 Å². The van der Waals surface area contributed by atoms with Crippen LogP contribution in [0.2, 0.25) is 0 Å². The van der Waals surface area contributed by atoms with Gasteiger partial charge in [0.25, 0.3) is 0 Å². The first-order valence-electron chi connectivity index (χ1n) is 5.02. The smallest absolute Gasteiger partial charge is 0.192 e.